The summed E-state index contributed by atoms with van der Waals surface area (Å²) in [5.41, 5.74) is 6.43. The van der Waals surface area contributed by atoms with Crippen LogP contribution < -0.4 is 5.43 Å². The largest absolute Gasteiger partial charge is 0.358 e. The van der Waals surface area contributed by atoms with Crippen molar-refractivity contribution in [1.82, 2.24) is 9.88 Å². The van der Waals surface area contributed by atoms with Crippen LogP contribution in [0.2, 0.25) is 0 Å². The van der Waals surface area contributed by atoms with Gasteiger partial charge in [0.25, 0.3) is 0 Å². The summed E-state index contributed by atoms with van der Waals surface area (Å²) in [5.74, 6) is 0. The molecule has 0 saturated carbocycles. The molecule has 0 aliphatic heterocycles. The molecule has 0 amide bonds. The number of rotatable bonds is 5. The summed E-state index contributed by atoms with van der Waals surface area (Å²) in [5, 5.41) is 0.821. The first kappa shape index (κ1) is 17.4. The number of fused-ring (bicyclic) bond motifs is 1. The molecule has 0 fully saturated rings. The fourth-order valence-corrected chi connectivity index (χ4v) is 3.50. The number of aryl methyl sites for hydroxylation is 3. The highest BCUT2D eigenvalue weighted by Gasteiger charge is 2.14. The Labute approximate surface area is 149 Å². The molecule has 1 heterocycles. The molecule has 3 aromatic rings. The number of aromatic amines is 1. The van der Waals surface area contributed by atoms with Gasteiger partial charge in [0.1, 0.15) is 0 Å². The molecule has 130 valence electrons. The van der Waals surface area contributed by atoms with E-state index in [1.165, 1.54) is 11.1 Å². The van der Waals surface area contributed by atoms with E-state index in [2.05, 4.69) is 60.1 Å². The van der Waals surface area contributed by atoms with Crippen molar-refractivity contribution in [2.24, 2.45) is 0 Å². The van der Waals surface area contributed by atoms with Gasteiger partial charge in [-0.2, -0.15) is 0 Å². The third-order valence-electron chi connectivity index (χ3n) is 4.83. The van der Waals surface area contributed by atoms with E-state index >= 15 is 0 Å². The Kier molecular flexibility index (Phi) is 5.05. The van der Waals surface area contributed by atoms with Gasteiger partial charge in [0.15, 0.2) is 5.43 Å². The summed E-state index contributed by atoms with van der Waals surface area (Å²) in [6.45, 7) is 10.6. The van der Waals surface area contributed by atoms with Gasteiger partial charge >= 0.3 is 0 Å². The Bertz CT molecular complexity index is 942. The molecule has 1 aromatic heterocycles. The number of nitrogens with zero attached hydrogens (tertiary/aromatic N) is 1. The molecule has 0 aliphatic carbocycles. The van der Waals surface area contributed by atoms with Gasteiger partial charge in [-0.05, 0) is 50.1 Å². The van der Waals surface area contributed by atoms with Crippen LogP contribution in [0.15, 0.2) is 47.3 Å². The zero-order chi connectivity index (χ0) is 18.0. The lowest BCUT2D eigenvalue weighted by Crippen LogP contribution is -2.27. The topological polar surface area (TPSA) is 36.1 Å². The second kappa shape index (κ2) is 7.24. The number of benzene rings is 2. The lowest BCUT2D eigenvalue weighted by Gasteiger charge is -2.22. The van der Waals surface area contributed by atoms with Crippen LogP contribution in [0.4, 0.5) is 0 Å². The van der Waals surface area contributed by atoms with Crippen LogP contribution in [-0.4, -0.2) is 16.4 Å². The van der Waals surface area contributed by atoms with Crippen molar-refractivity contribution >= 4 is 10.9 Å². The van der Waals surface area contributed by atoms with E-state index < -0.39 is 0 Å². The van der Waals surface area contributed by atoms with Crippen LogP contribution >= 0.6 is 0 Å². The monoisotopic (exact) mass is 334 g/mol. The Morgan fingerprint density at radius 1 is 1.00 bits per heavy atom. The molecule has 0 saturated heterocycles. The van der Waals surface area contributed by atoms with E-state index in [9.17, 15) is 4.79 Å². The fraction of sp³-hybridized carbons (Fsp3) is 0.318. The van der Waals surface area contributed by atoms with Crippen LogP contribution in [0, 0.1) is 20.8 Å². The minimum absolute atomic E-state index is 0.162. The summed E-state index contributed by atoms with van der Waals surface area (Å²) in [7, 11) is 0. The van der Waals surface area contributed by atoms with Crippen LogP contribution in [0.3, 0.4) is 0 Å². The maximum Gasteiger partial charge on any atom is 0.194 e. The summed E-state index contributed by atoms with van der Waals surface area (Å²) < 4.78 is 0. The van der Waals surface area contributed by atoms with E-state index in [1.54, 1.807) is 0 Å². The first-order chi connectivity index (χ1) is 12.0. The highest BCUT2D eigenvalue weighted by atomic mass is 16.1. The molecule has 1 N–H and O–H groups in total. The Hall–Kier alpha value is -2.39. The van der Waals surface area contributed by atoms with E-state index in [4.69, 9.17) is 0 Å². The third-order valence-corrected chi connectivity index (χ3v) is 4.83. The van der Waals surface area contributed by atoms with Gasteiger partial charge in [-0.15, -0.1) is 0 Å². The maximum absolute atomic E-state index is 13.1. The number of hydrogen-bond acceptors (Lipinski definition) is 2. The van der Waals surface area contributed by atoms with Gasteiger partial charge in [0.2, 0.25) is 0 Å². The molecule has 3 heteroatoms. The van der Waals surface area contributed by atoms with E-state index in [0.29, 0.717) is 6.54 Å². The number of nitrogens with one attached hydrogen (secondary N) is 1. The molecule has 3 nitrogen and oxygen atoms in total. The first-order valence-corrected chi connectivity index (χ1v) is 8.88. The van der Waals surface area contributed by atoms with Crippen LogP contribution in [0.1, 0.15) is 34.9 Å². The summed E-state index contributed by atoms with van der Waals surface area (Å²) in [6, 6.07) is 14.6. The highest BCUT2D eigenvalue weighted by molar-refractivity contribution is 5.83. The smallest absolute Gasteiger partial charge is 0.194 e. The summed E-state index contributed by atoms with van der Waals surface area (Å²) in [4.78, 5) is 18.9. The molecule has 0 bridgehead atoms. The van der Waals surface area contributed by atoms with Crippen molar-refractivity contribution in [3.63, 3.8) is 0 Å². The Balaban J connectivity index is 1.99. The third kappa shape index (κ3) is 3.67. The molecule has 0 spiro atoms. The number of H-pyrrole nitrogens is 1. The van der Waals surface area contributed by atoms with Crippen molar-refractivity contribution in [2.45, 2.75) is 40.8 Å². The molecular weight excluding hydrogens is 308 g/mol. The molecule has 0 unspecified atom stereocenters. The van der Waals surface area contributed by atoms with E-state index in [-0.39, 0.29) is 5.43 Å². The molecule has 0 atom stereocenters. The minimum Gasteiger partial charge on any atom is -0.358 e. The second-order valence-corrected chi connectivity index (χ2v) is 6.85. The molecule has 0 aliphatic rings. The average molecular weight is 334 g/mol. The van der Waals surface area contributed by atoms with E-state index in [0.717, 1.165) is 40.8 Å². The predicted molar refractivity (Wildman–Crippen MR) is 105 cm³/mol. The first-order valence-electron chi connectivity index (χ1n) is 8.88. The molecular formula is C22H26N2O. The van der Waals surface area contributed by atoms with Crippen molar-refractivity contribution in [3.8, 4) is 0 Å². The minimum atomic E-state index is 0.162. The van der Waals surface area contributed by atoms with Crippen molar-refractivity contribution in [3.05, 3.63) is 80.6 Å². The van der Waals surface area contributed by atoms with Crippen LogP contribution in [-0.2, 0) is 13.1 Å². The van der Waals surface area contributed by atoms with Gasteiger partial charge in [-0.25, -0.2) is 0 Å². The van der Waals surface area contributed by atoms with Gasteiger partial charge < -0.3 is 4.98 Å². The van der Waals surface area contributed by atoms with Crippen LogP contribution in [0.5, 0.6) is 0 Å². The molecule has 0 radical (unpaired) electrons. The SMILES string of the molecule is CCN(Cc1ccccc1)Cc1c(C)[nH]c2cc(C)cc(C)c2c1=O. The van der Waals surface area contributed by atoms with Gasteiger partial charge in [0.05, 0.1) is 5.52 Å². The summed E-state index contributed by atoms with van der Waals surface area (Å²) in [6.07, 6.45) is 0. The lowest BCUT2D eigenvalue weighted by molar-refractivity contribution is 0.270. The van der Waals surface area contributed by atoms with E-state index in [1.807, 2.05) is 19.9 Å². The molecule has 2 aromatic carbocycles. The second-order valence-electron chi connectivity index (χ2n) is 6.85. The van der Waals surface area contributed by atoms with Gasteiger partial charge in [-0.3, -0.25) is 9.69 Å². The highest BCUT2D eigenvalue weighted by Crippen LogP contribution is 2.19. The van der Waals surface area contributed by atoms with Crippen LogP contribution in [0.25, 0.3) is 10.9 Å². The fourth-order valence-electron chi connectivity index (χ4n) is 3.50. The van der Waals surface area contributed by atoms with Crippen molar-refractivity contribution < 1.29 is 0 Å². The van der Waals surface area contributed by atoms with Crippen molar-refractivity contribution in [1.29, 1.82) is 0 Å². The Morgan fingerprint density at radius 3 is 2.40 bits per heavy atom. The maximum atomic E-state index is 13.1. The van der Waals surface area contributed by atoms with Gasteiger partial charge in [0, 0.05) is 29.7 Å². The van der Waals surface area contributed by atoms with Gasteiger partial charge in [-0.1, -0.05) is 43.3 Å². The number of hydrogen-bond donors (Lipinski definition) is 1. The van der Waals surface area contributed by atoms with Crippen molar-refractivity contribution in [2.75, 3.05) is 6.54 Å². The summed E-state index contributed by atoms with van der Waals surface area (Å²) >= 11 is 0. The standard InChI is InChI=1S/C22H26N2O/c1-5-24(13-18-9-7-6-8-10-18)14-19-17(4)23-20-12-15(2)11-16(3)21(20)22(19)25/h6-12H,5,13-14H2,1-4H3,(H,23,25). The molecule has 3 rings (SSSR count). The zero-order valence-corrected chi connectivity index (χ0v) is 15.5. The predicted octanol–water partition coefficient (Wildman–Crippen LogP) is 4.48. The average Bonchev–Trinajstić information content (AvgIpc) is 2.57. The number of aromatic nitrogens is 1. The number of pyridine rings is 1. The quantitative estimate of drug-likeness (QED) is 0.747. The normalized spacial score (nSPS) is 11.4. The molecule has 25 heavy (non-hydrogen) atoms. The Morgan fingerprint density at radius 2 is 1.72 bits per heavy atom. The zero-order valence-electron chi connectivity index (χ0n) is 15.5. The lowest BCUT2D eigenvalue weighted by atomic mass is 10.0.